The first-order valence-corrected chi connectivity index (χ1v) is 7.97. The van der Waals surface area contributed by atoms with Crippen LogP contribution in [0.15, 0.2) is 36.7 Å². The molecule has 2 unspecified atom stereocenters. The van der Waals surface area contributed by atoms with Crippen LogP contribution in [-0.4, -0.2) is 29.5 Å². The second kappa shape index (κ2) is 6.12. The zero-order valence-electron chi connectivity index (χ0n) is 13.0. The number of nitrogens with two attached hydrogens (primary N) is 1. The van der Waals surface area contributed by atoms with Gasteiger partial charge in [-0.25, -0.2) is 0 Å². The first kappa shape index (κ1) is 14.5. The fraction of sp³-hybridized carbons (Fsp3) is 0.500. The number of nitrogens with zero attached hydrogens (tertiary/aromatic N) is 2. The Labute approximate surface area is 127 Å². The lowest BCUT2D eigenvalue weighted by Crippen LogP contribution is -2.32. The summed E-state index contributed by atoms with van der Waals surface area (Å²) in [5.74, 6) is 1.54. The van der Waals surface area contributed by atoms with Gasteiger partial charge in [0.05, 0.1) is 0 Å². The molecular formula is C18H25N3. The molecule has 3 nitrogen and oxygen atoms in total. The summed E-state index contributed by atoms with van der Waals surface area (Å²) in [6.45, 7) is 7.60. The Balaban J connectivity index is 1.92. The lowest BCUT2D eigenvalue weighted by atomic mass is 9.95. The number of rotatable bonds is 4. The van der Waals surface area contributed by atoms with Crippen molar-refractivity contribution in [1.29, 1.82) is 0 Å². The van der Waals surface area contributed by atoms with Gasteiger partial charge in [-0.1, -0.05) is 38.1 Å². The maximum atomic E-state index is 6.13. The zero-order chi connectivity index (χ0) is 14.8. The number of likely N-dealkylation sites (tertiary alicyclic amines) is 1. The van der Waals surface area contributed by atoms with Crippen molar-refractivity contribution in [1.82, 2.24) is 9.88 Å². The molecule has 3 rings (SSSR count). The van der Waals surface area contributed by atoms with Gasteiger partial charge in [-0.05, 0) is 35.8 Å². The van der Waals surface area contributed by atoms with Gasteiger partial charge in [-0.2, -0.15) is 0 Å². The van der Waals surface area contributed by atoms with Crippen LogP contribution in [0.1, 0.15) is 31.9 Å². The van der Waals surface area contributed by atoms with Gasteiger partial charge in [0.15, 0.2) is 0 Å². The summed E-state index contributed by atoms with van der Waals surface area (Å²) < 4.78 is 0. The highest BCUT2D eigenvalue weighted by molar-refractivity contribution is 5.85. The highest BCUT2D eigenvalue weighted by Crippen LogP contribution is 2.33. The molecule has 0 saturated carbocycles. The molecule has 1 saturated heterocycles. The van der Waals surface area contributed by atoms with E-state index in [-0.39, 0.29) is 6.04 Å². The maximum absolute atomic E-state index is 6.13. The molecule has 0 aliphatic carbocycles. The number of pyridine rings is 1. The van der Waals surface area contributed by atoms with Crippen LogP contribution in [0, 0.1) is 11.8 Å². The molecule has 1 fully saturated rings. The number of hydrogen-bond acceptors (Lipinski definition) is 3. The van der Waals surface area contributed by atoms with Crippen LogP contribution in [0.4, 0.5) is 0 Å². The van der Waals surface area contributed by atoms with Gasteiger partial charge < -0.3 is 5.73 Å². The molecule has 21 heavy (non-hydrogen) atoms. The van der Waals surface area contributed by atoms with Crippen molar-refractivity contribution < 1.29 is 0 Å². The van der Waals surface area contributed by atoms with E-state index >= 15 is 0 Å². The van der Waals surface area contributed by atoms with Crippen LogP contribution in [0.5, 0.6) is 0 Å². The van der Waals surface area contributed by atoms with Gasteiger partial charge in [0.25, 0.3) is 0 Å². The monoisotopic (exact) mass is 283 g/mol. The van der Waals surface area contributed by atoms with Crippen LogP contribution in [0.3, 0.4) is 0 Å². The summed E-state index contributed by atoms with van der Waals surface area (Å²) in [5, 5.41) is 2.49. The third-order valence-corrected chi connectivity index (χ3v) is 4.92. The lowest BCUT2D eigenvalue weighted by molar-refractivity contribution is 0.233. The maximum Gasteiger partial charge on any atom is 0.0491 e. The Kier molecular flexibility index (Phi) is 4.22. The van der Waals surface area contributed by atoms with E-state index in [1.807, 2.05) is 12.4 Å². The summed E-state index contributed by atoms with van der Waals surface area (Å²) in [7, 11) is 0. The van der Waals surface area contributed by atoms with Crippen LogP contribution in [0.2, 0.25) is 0 Å². The summed E-state index contributed by atoms with van der Waals surface area (Å²) in [5.41, 5.74) is 7.41. The van der Waals surface area contributed by atoms with E-state index in [1.165, 1.54) is 22.8 Å². The number of fused-ring (bicyclic) bond motifs is 1. The van der Waals surface area contributed by atoms with Crippen molar-refractivity contribution in [2.75, 3.05) is 19.6 Å². The lowest BCUT2D eigenvalue weighted by Gasteiger charge is -2.28. The molecule has 0 spiro atoms. The minimum Gasteiger partial charge on any atom is -0.329 e. The summed E-state index contributed by atoms with van der Waals surface area (Å²) in [6.07, 6.45) is 5.22. The Morgan fingerprint density at radius 3 is 2.81 bits per heavy atom. The van der Waals surface area contributed by atoms with Gasteiger partial charge in [0, 0.05) is 36.9 Å². The second-order valence-electron chi connectivity index (χ2n) is 6.49. The summed E-state index contributed by atoms with van der Waals surface area (Å²) in [6, 6.07) is 8.76. The van der Waals surface area contributed by atoms with Crippen molar-refractivity contribution in [3.63, 3.8) is 0 Å². The third-order valence-electron chi connectivity index (χ3n) is 4.92. The third kappa shape index (κ3) is 2.81. The fourth-order valence-corrected chi connectivity index (χ4v) is 3.52. The SMILES string of the molecule is CC(C)C1CCN(C(CN)c2cncc3ccccc23)C1. The van der Waals surface area contributed by atoms with Gasteiger partial charge in [0.2, 0.25) is 0 Å². The second-order valence-corrected chi connectivity index (χ2v) is 6.49. The highest BCUT2D eigenvalue weighted by Gasteiger charge is 2.30. The van der Waals surface area contributed by atoms with E-state index in [4.69, 9.17) is 5.73 Å². The molecule has 2 aromatic rings. The molecule has 0 amide bonds. The Morgan fingerprint density at radius 2 is 2.10 bits per heavy atom. The number of aromatic nitrogens is 1. The van der Waals surface area contributed by atoms with Crippen LogP contribution in [-0.2, 0) is 0 Å². The van der Waals surface area contributed by atoms with Gasteiger partial charge >= 0.3 is 0 Å². The van der Waals surface area contributed by atoms with Crippen LogP contribution < -0.4 is 5.73 Å². The standard InChI is InChI=1S/C18H25N3/c1-13(2)15-7-8-21(12-15)18(9-19)17-11-20-10-14-5-3-4-6-16(14)17/h3-6,10-11,13,15,18H,7-9,12,19H2,1-2H3. The number of benzene rings is 1. The minimum atomic E-state index is 0.285. The first-order valence-electron chi connectivity index (χ1n) is 7.97. The van der Waals surface area contributed by atoms with E-state index < -0.39 is 0 Å². The highest BCUT2D eigenvalue weighted by atomic mass is 15.2. The smallest absolute Gasteiger partial charge is 0.0491 e. The molecule has 1 aliphatic heterocycles. The van der Waals surface area contributed by atoms with E-state index in [9.17, 15) is 0 Å². The predicted molar refractivity (Wildman–Crippen MR) is 88.1 cm³/mol. The average Bonchev–Trinajstić information content (AvgIpc) is 2.98. The fourth-order valence-electron chi connectivity index (χ4n) is 3.52. The van der Waals surface area contributed by atoms with E-state index in [0.29, 0.717) is 6.54 Å². The normalized spacial score (nSPS) is 21.2. The van der Waals surface area contributed by atoms with Crippen molar-refractivity contribution in [3.05, 3.63) is 42.2 Å². The van der Waals surface area contributed by atoms with Gasteiger partial charge in [0.1, 0.15) is 0 Å². The molecule has 2 heterocycles. The Bertz CT molecular complexity index is 603. The molecule has 1 aromatic carbocycles. The largest absolute Gasteiger partial charge is 0.329 e. The van der Waals surface area contributed by atoms with Crippen molar-refractivity contribution >= 4 is 10.8 Å². The molecule has 2 N–H and O–H groups in total. The molecule has 3 heteroatoms. The Hall–Kier alpha value is -1.45. The summed E-state index contributed by atoms with van der Waals surface area (Å²) >= 11 is 0. The van der Waals surface area contributed by atoms with E-state index in [2.05, 4.69) is 48.0 Å². The van der Waals surface area contributed by atoms with E-state index in [0.717, 1.165) is 24.9 Å². The van der Waals surface area contributed by atoms with Crippen molar-refractivity contribution in [2.24, 2.45) is 17.6 Å². The average molecular weight is 283 g/mol. The zero-order valence-corrected chi connectivity index (χ0v) is 13.0. The molecule has 1 aliphatic rings. The molecule has 1 aromatic heterocycles. The van der Waals surface area contributed by atoms with Gasteiger partial charge in [-0.3, -0.25) is 9.88 Å². The van der Waals surface area contributed by atoms with E-state index in [1.54, 1.807) is 0 Å². The topological polar surface area (TPSA) is 42.1 Å². The first-order chi connectivity index (χ1) is 10.2. The molecule has 112 valence electrons. The van der Waals surface area contributed by atoms with Crippen LogP contribution in [0.25, 0.3) is 10.8 Å². The molecule has 0 radical (unpaired) electrons. The summed E-state index contributed by atoms with van der Waals surface area (Å²) in [4.78, 5) is 6.97. The molecular weight excluding hydrogens is 258 g/mol. The minimum absolute atomic E-state index is 0.285. The van der Waals surface area contributed by atoms with Crippen molar-refractivity contribution in [3.8, 4) is 0 Å². The van der Waals surface area contributed by atoms with Crippen molar-refractivity contribution in [2.45, 2.75) is 26.3 Å². The molecule has 2 atom stereocenters. The predicted octanol–water partition coefficient (Wildman–Crippen LogP) is 3.21. The van der Waals surface area contributed by atoms with Gasteiger partial charge in [-0.15, -0.1) is 0 Å². The number of hydrogen-bond donors (Lipinski definition) is 1. The van der Waals surface area contributed by atoms with Crippen LogP contribution >= 0.6 is 0 Å². The molecule has 0 bridgehead atoms. The quantitative estimate of drug-likeness (QED) is 0.937. The Morgan fingerprint density at radius 1 is 1.29 bits per heavy atom.